The molecule has 1 aliphatic carbocycles. The lowest BCUT2D eigenvalue weighted by Crippen LogP contribution is -2.56. The summed E-state index contributed by atoms with van der Waals surface area (Å²) in [7, 11) is 0. The topological polar surface area (TPSA) is 44.3 Å². The number of piperidine rings is 1. The molecule has 2 rings (SSSR count). The van der Waals surface area contributed by atoms with Crippen LogP contribution < -0.4 is 10.6 Å². The minimum atomic E-state index is -0.445. The lowest BCUT2D eigenvalue weighted by Gasteiger charge is -2.45. The number of hydrogen-bond donors (Lipinski definition) is 3. The molecule has 2 aliphatic rings. The number of hydrogen-bond acceptors (Lipinski definition) is 3. The first-order valence-corrected chi connectivity index (χ1v) is 7.83. The molecule has 1 heterocycles. The van der Waals surface area contributed by atoms with Crippen LogP contribution >= 0.6 is 0 Å². The van der Waals surface area contributed by atoms with E-state index < -0.39 is 5.60 Å². The molecule has 1 saturated heterocycles. The standard InChI is InChI=1S/C15H30N2O/c1-3-9-16-13-4-7-15(18,8-5-13)14-11-12(2)6-10-17-14/h12-14,16-18H,3-11H2,1-2H3. The minimum absolute atomic E-state index is 0.327. The smallest absolute Gasteiger partial charge is 0.0801 e. The van der Waals surface area contributed by atoms with Gasteiger partial charge in [-0.3, -0.25) is 0 Å². The van der Waals surface area contributed by atoms with Crippen LogP contribution in [0.15, 0.2) is 0 Å². The molecule has 3 N–H and O–H groups in total. The van der Waals surface area contributed by atoms with Crippen molar-refractivity contribution >= 4 is 0 Å². The van der Waals surface area contributed by atoms with Gasteiger partial charge in [-0.2, -0.15) is 0 Å². The highest BCUT2D eigenvalue weighted by atomic mass is 16.3. The molecule has 0 amide bonds. The van der Waals surface area contributed by atoms with Gasteiger partial charge in [0.25, 0.3) is 0 Å². The second-order valence-electron chi connectivity index (χ2n) is 6.47. The van der Waals surface area contributed by atoms with Gasteiger partial charge in [-0.05, 0) is 64.0 Å². The molecular formula is C15H30N2O. The molecule has 1 saturated carbocycles. The van der Waals surface area contributed by atoms with Gasteiger partial charge in [0, 0.05) is 12.1 Å². The Kier molecular flexibility index (Phi) is 5.05. The van der Waals surface area contributed by atoms with Crippen LogP contribution in [0.5, 0.6) is 0 Å². The lowest BCUT2D eigenvalue weighted by molar-refractivity contribution is -0.0480. The van der Waals surface area contributed by atoms with Crippen LogP contribution in [0.2, 0.25) is 0 Å². The Morgan fingerprint density at radius 2 is 2.00 bits per heavy atom. The van der Waals surface area contributed by atoms with Crippen molar-refractivity contribution in [2.45, 2.75) is 76.5 Å². The number of nitrogens with one attached hydrogen (secondary N) is 2. The van der Waals surface area contributed by atoms with Crippen molar-refractivity contribution in [3.8, 4) is 0 Å². The Bertz CT molecular complexity index is 249. The van der Waals surface area contributed by atoms with E-state index in [0.29, 0.717) is 12.1 Å². The van der Waals surface area contributed by atoms with Gasteiger partial charge in [-0.1, -0.05) is 13.8 Å². The van der Waals surface area contributed by atoms with Gasteiger partial charge in [0.15, 0.2) is 0 Å². The quantitative estimate of drug-likeness (QED) is 0.719. The molecule has 18 heavy (non-hydrogen) atoms. The Morgan fingerprint density at radius 3 is 2.61 bits per heavy atom. The highest BCUT2D eigenvalue weighted by Gasteiger charge is 2.41. The summed E-state index contributed by atoms with van der Waals surface area (Å²) in [5.41, 5.74) is -0.445. The summed E-state index contributed by atoms with van der Waals surface area (Å²) in [6.45, 7) is 6.71. The van der Waals surface area contributed by atoms with Gasteiger partial charge in [-0.25, -0.2) is 0 Å². The van der Waals surface area contributed by atoms with E-state index in [1.807, 2.05) is 0 Å². The van der Waals surface area contributed by atoms with Gasteiger partial charge in [0.1, 0.15) is 0 Å². The fourth-order valence-electron chi connectivity index (χ4n) is 3.54. The van der Waals surface area contributed by atoms with Crippen LogP contribution in [-0.4, -0.2) is 35.9 Å². The predicted molar refractivity (Wildman–Crippen MR) is 75.7 cm³/mol. The molecule has 0 radical (unpaired) electrons. The van der Waals surface area contributed by atoms with Crippen molar-refractivity contribution in [2.24, 2.45) is 5.92 Å². The molecule has 0 spiro atoms. The molecule has 0 bridgehead atoms. The fourth-order valence-corrected chi connectivity index (χ4v) is 3.54. The van der Waals surface area contributed by atoms with Gasteiger partial charge in [-0.15, -0.1) is 0 Å². The molecule has 2 unspecified atom stereocenters. The highest BCUT2D eigenvalue weighted by Crippen LogP contribution is 2.35. The first-order valence-electron chi connectivity index (χ1n) is 7.83. The molecule has 0 aromatic rings. The molecule has 2 atom stereocenters. The van der Waals surface area contributed by atoms with Crippen LogP contribution in [-0.2, 0) is 0 Å². The van der Waals surface area contributed by atoms with E-state index in [2.05, 4.69) is 24.5 Å². The first-order chi connectivity index (χ1) is 8.64. The monoisotopic (exact) mass is 254 g/mol. The maximum Gasteiger partial charge on any atom is 0.0801 e. The van der Waals surface area contributed by atoms with Crippen LogP contribution in [0.1, 0.15) is 58.8 Å². The Hall–Kier alpha value is -0.120. The van der Waals surface area contributed by atoms with E-state index in [-0.39, 0.29) is 0 Å². The molecule has 1 aliphatic heterocycles. The van der Waals surface area contributed by atoms with Gasteiger partial charge >= 0.3 is 0 Å². The zero-order valence-corrected chi connectivity index (χ0v) is 12.0. The number of rotatable bonds is 4. The zero-order valence-electron chi connectivity index (χ0n) is 12.0. The Morgan fingerprint density at radius 1 is 1.28 bits per heavy atom. The van der Waals surface area contributed by atoms with Crippen LogP contribution in [0.4, 0.5) is 0 Å². The normalized spacial score (nSPS) is 41.8. The third-order valence-electron chi connectivity index (χ3n) is 4.85. The molecule has 0 aromatic carbocycles. The van der Waals surface area contributed by atoms with Crippen LogP contribution in [0.3, 0.4) is 0 Å². The molecule has 3 heteroatoms. The van der Waals surface area contributed by atoms with Crippen molar-refractivity contribution in [3.05, 3.63) is 0 Å². The summed E-state index contributed by atoms with van der Waals surface area (Å²) in [5, 5.41) is 18.0. The van der Waals surface area contributed by atoms with Crippen LogP contribution in [0, 0.1) is 5.92 Å². The van der Waals surface area contributed by atoms with E-state index in [4.69, 9.17) is 0 Å². The van der Waals surface area contributed by atoms with Crippen molar-refractivity contribution in [3.63, 3.8) is 0 Å². The summed E-state index contributed by atoms with van der Waals surface area (Å²) in [4.78, 5) is 0. The van der Waals surface area contributed by atoms with E-state index >= 15 is 0 Å². The van der Waals surface area contributed by atoms with E-state index in [1.54, 1.807) is 0 Å². The number of aliphatic hydroxyl groups is 1. The molecular weight excluding hydrogens is 224 g/mol. The van der Waals surface area contributed by atoms with Crippen molar-refractivity contribution < 1.29 is 5.11 Å². The predicted octanol–water partition coefficient (Wildman–Crippen LogP) is 2.05. The average molecular weight is 254 g/mol. The fraction of sp³-hybridized carbons (Fsp3) is 1.00. The van der Waals surface area contributed by atoms with Gasteiger partial charge in [0.2, 0.25) is 0 Å². The molecule has 2 fully saturated rings. The lowest BCUT2D eigenvalue weighted by atomic mass is 9.73. The maximum absolute atomic E-state index is 10.9. The third kappa shape index (κ3) is 3.46. The molecule has 3 nitrogen and oxygen atoms in total. The summed E-state index contributed by atoms with van der Waals surface area (Å²) >= 11 is 0. The molecule has 106 valence electrons. The van der Waals surface area contributed by atoms with Crippen molar-refractivity contribution in [1.29, 1.82) is 0 Å². The summed E-state index contributed by atoms with van der Waals surface area (Å²) in [6, 6.07) is 0.958. The van der Waals surface area contributed by atoms with Crippen molar-refractivity contribution in [1.82, 2.24) is 10.6 Å². The average Bonchev–Trinajstić information content (AvgIpc) is 2.38. The summed E-state index contributed by atoms with van der Waals surface area (Å²) in [6.07, 6.45) is 7.77. The van der Waals surface area contributed by atoms with Crippen LogP contribution in [0.25, 0.3) is 0 Å². The van der Waals surface area contributed by atoms with Crippen molar-refractivity contribution in [2.75, 3.05) is 13.1 Å². The summed E-state index contributed by atoms with van der Waals surface area (Å²) < 4.78 is 0. The zero-order chi connectivity index (χ0) is 13.0. The van der Waals surface area contributed by atoms with Gasteiger partial charge in [0.05, 0.1) is 5.60 Å². The second kappa shape index (κ2) is 6.36. The van der Waals surface area contributed by atoms with E-state index in [0.717, 1.165) is 51.1 Å². The molecule has 0 aromatic heterocycles. The largest absolute Gasteiger partial charge is 0.388 e. The Balaban J connectivity index is 1.82. The summed E-state index contributed by atoms with van der Waals surface area (Å²) in [5.74, 6) is 0.760. The highest BCUT2D eigenvalue weighted by molar-refractivity contribution is 4.98. The minimum Gasteiger partial charge on any atom is -0.388 e. The maximum atomic E-state index is 10.9. The first kappa shape index (κ1) is 14.3. The Labute approximate surface area is 112 Å². The SMILES string of the molecule is CCCNC1CCC(O)(C2CC(C)CCN2)CC1. The van der Waals surface area contributed by atoms with E-state index in [9.17, 15) is 5.11 Å². The van der Waals surface area contributed by atoms with E-state index in [1.165, 1.54) is 12.8 Å². The third-order valence-corrected chi connectivity index (χ3v) is 4.85. The second-order valence-corrected chi connectivity index (χ2v) is 6.47. The van der Waals surface area contributed by atoms with Gasteiger partial charge < -0.3 is 15.7 Å².